The smallest absolute Gasteiger partial charge is 0.260 e. The number of morpholine rings is 1. The average molecular weight is 454 g/mol. The van der Waals surface area contributed by atoms with Crippen molar-refractivity contribution in [2.75, 3.05) is 44.3 Å². The first-order valence-corrected chi connectivity index (χ1v) is 12.1. The zero-order valence-corrected chi connectivity index (χ0v) is 19.9. The Labute approximate surface area is 193 Å². The second-order valence-corrected chi connectivity index (χ2v) is 9.38. The maximum Gasteiger partial charge on any atom is 0.260 e. The predicted octanol–water partition coefficient (Wildman–Crippen LogP) is 4.76. The molecule has 3 aromatic rings. The number of anilines is 1. The maximum absolute atomic E-state index is 13.5. The third kappa shape index (κ3) is 5.46. The van der Waals surface area contributed by atoms with Crippen LogP contribution in [0.15, 0.2) is 42.5 Å². The SMILES string of the molecule is Cc1cccc2sc(N(CCCN3CCOCC3)C(=O)c3ccc(OC(C)C)cc3)nc12. The third-order valence-corrected chi connectivity index (χ3v) is 6.56. The number of carbonyl (C=O) groups excluding carboxylic acids is 1. The fourth-order valence-corrected chi connectivity index (χ4v) is 4.92. The van der Waals surface area contributed by atoms with Gasteiger partial charge < -0.3 is 9.47 Å². The van der Waals surface area contributed by atoms with Crippen LogP contribution in [-0.2, 0) is 4.74 Å². The van der Waals surface area contributed by atoms with Crippen LogP contribution in [0.2, 0.25) is 0 Å². The van der Waals surface area contributed by atoms with Crippen molar-refractivity contribution in [1.29, 1.82) is 0 Å². The Morgan fingerprint density at radius 3 is 2.62 bits per heavy atom. The lowest BCUT2D eigenvalue weighted by Gasteiger charge is -2.27. The molecule has 2 aromatic carbocycles. The number of hydrogen-bond donors (Lipinski definition) is 0. The number of aromatic nitrogens is 1. The molecule has 2 heterocycles. The van der Waals surface area contributed by atoms with E-state index in [4.69, 9.17) is 14.5 Å². The van der Waals surface area contributed by atoms with Crippen LogP contribution in [0.4, 0.5) is 5.13 Å². The van der Waals surface area contributed by atoms with Crippen molar-refractivity contribution in [3.63, 3.8) is 0 Å². The normalized spacial score (nSPS) is 14.8. The number of benzene rings is 2. The predicted molar refractivity (Wildman–Crippen MR) is 130 cm³/mol. The lowest BCUT2D eigenvalue weighted by molar-refractivity contribution is 0.0376. The number of carbonyl (C=O) groups is 1. The van der Waals surface area contributed by atoms with Crippen molar-refractivity contribution in [3.8, 4) is 5.75 Å². The molecule has 0 unspecified atom stereocenters. The van der Waals surface area contributed by atoms with Crippen LogP contribution < -0.4 is 9.64 Å². The maximum atomic E-state index is 13.5. The van der Waals surface area contributed by atoms with Gasteiger partial charge in [0.1, 0.15) is 5.75 Å². The van der Waals surface area contributed by atoms with E-state index in [1.54, 1.807) is 11.3 Å². The number of hydrogen-bond acceptors (Lipinski definition) is 6. The Kier molecular flexibility index (Phi) is 7.40. The van der Waals surface area contributed by atoms with Crippen LogP contribution in [0.5, 0.6) is 5.75 Å². The van der Waals surface area contributed by atoms with Crippen molar-refractivity contribution in [3.05, 3.63) is 53.6 Å². The minimum absolute atomic E-state index is 0.0280. The van der Waals surface area contributed by atoms with Crippen molar-refractivity contribution in [2.24, 2.45) is 0 Å². The van der Waals surface area contributed by atoms with Gasteiger partial charge in [-0.05, 0) is 63.1 Å². The van der Waals surface area contributed by atoms with Crippen LogP contribution in [0.1, 0.15) is 36.2 Å². The Morgan fingerprint density at radius 2 is 1.94 bits per heavy atom. The standard InChI is InChI=1S/C25H31N3O3S/c1-18(2)31-21-10-8-20(9-11-21)24(29)28(13-5-12-27-14-16-30-17-15-27)25-26-23-19(3)6-4-7-22(23)32-25/h4,6-11,18H,5,12-17H2,1-3H3. The van der Waals surface area contributed by atoms with Gasteiger partial charge in [-0.15, -0.1) is 0 Å². The second-order valence-electron chi connectivity index (χ2n) is 8.37. The lowest BCUT2D eigenvalue weighted by Crippen LogP contribution is -2.39. The highest BCUT2D eigenvalue weighted by Gasteiger charge is 2.22. The molecule has 0 aliphatic carbocycles. The number of fused-ring (bicyclic) bond motifs is 1. The molecule has 0 bridgehead atoms. The number of nitrogens with zero attached hydrogens (tertiary/aromatic N) is 3. The van der Waals surface area contributed by atoms with Crippen molar-refractivity contribution >= 4 is 32.6 Å². The molecule has 0 radical (unpaired) electrons. The fourth-order valence-electron chi connectivity index (χ4n) is 3.86. The Hall–Kier alpha value is -2.48. The highest BCUT2D eigenvalue weighted by atomic mass is 32.1. The summed E-state index contributed by atoms with van der Waals surface area (Å²) >= 11 is 1.58. The summed E-state index contributed by atoms with van der Waals surface area (Å²) in [5, 5.41) is 0.754. The molecule has 1 fully saturated rings. The van der Waals surface area contributed by atoms with Crippen molar-refractivity contribution in [2.45, 2.75) is 33.3 Å². The first-order valence-electron chi connectivity index (χ1n) is 11.3. The van der Waals surface area contributed by atoms with Gasteiger partial charge in [-0.1, -0.05) is 23.5 Å². The molecule has 0 atom stereocenters. The van der Waals surface area contributed by atoms with Crippen LogP contribution in [0.3, 0.4) is 0 Å². The van der Waals surface area contributed by atoms with Gasteiger partial charge in [0.05, 0.1) is 29.5 Å². The Bertz CT molecular complexity index is 1040. The van der Waals surface area contributed by atoms with Gasteiger partial charge in [-0.25, -0.2) is 4.98 Å². The van der Waals surface area contributed by atoms with E-state index in [0.29, 0.717) is 12.1 Å². The molecule has 0 saturated carbocycles. The first kappa shape index (κ1) is 22.7. The second kappa shape index (κ2) is 10.4. The molecule has 4 rings (SSSR count). The fraction of sp³-hybridized carbons (Fsp3) is 0.440. The van der Waals surface area contributed by atoms with Crippen LogP contribution in [0, 0.1) is 6.92 Å². The quantitative estimate of drug-likeness (QED) is 0.492. The summed E-state index contributed by atoms with van der Waals surface area (Å²) in [5.41, 5.74) is 2.74. The van der Waals surface area contributed by atoms with Gasteiger partial charge in [0, 0.05) is 31.7 Å². The van der Waals surface area contributed by atoms with Gasteiger partial charge in [0.15, 0.2) is 5.13 Å². The Morgan fingerprint density at radius 1 is 1.19 bits per heavy atom. The molecule has 1 aliphatic heterocycles. The number of ether oxygens (including phenoxy) is 2. The highest BCUT2D eigenvalue weighted by molar-refractivity contribution is 7.22. The minimum atomic E-state index is -0.0280. The molecule has 32 heavy (non-hydrogen) atoms. The highest BCUT2D eigenvalue weighted by Crippen LogP contribution is 2.31. The van der Waals surface area contributed by atoms with Crippen LogP contribution >= 0.6 is 11.3 Å². The molecule has 1 saturated heterocycles. The topological polar surface area (TPSA) is 54.9 Å². The van der Waals surface area contributed by atoms with E-state index in [-0.39, 0.29) is 12.0 Å². The van der Waals surface area contributed by atoms with Crippen LogP contribution in [0.25, 0.3) is 10.2 Å². The average Bonchev–Trinajstić information content (AvgIpc) is 3.22. The van der Waals surface area contributed by atoms with Crippen molar-refractivity contribution in [1.82, 2.24) is 9.88 Å². The molecule has 0 spiro atoms. The van der Waals surface area contributed by atoms with E-state index in [1.807, 2.05) is 49.1 Å². The van der Waals surface area contributed by atoms with E-state index in [1.165, 1.54) is 0 Å². The van der Waals surface area contributed by atoms with Gasteiger partial charge in [0.25, 0.3) is 5.91 Å². The summed E-state index contributed by atoms with van der Waals surface area (Å²) in [5.74, 6) is 0.741. The summed E-state index contributed by atoms with van der Waals surface area (Å²) < 4.78 is 12.3. The minimum Gasteiger partial charge on any atom is -0.491 e. The molecular weight excluding hydrogens is 422 g/mol. The molecular formula is C25H31N3O3S. The molecule has 0 N–H and O–H groups in total. The van der Waals surface area contributed by atoms with Crippen molar-refractivity contribution < 1.29 is 14.3 Å². The molecule has 1 amide bonds. The lowest BCUT2D eigenvalue weighted by atomic mass is 10.2. The third-order valence-electron chi connectivity index (χ3n) is 5.52. The summed E-state index contributed by atoms with van der Waals surface area (Å²) in [7, 11) is 0. The molecule has 6 nitrogen and oxygen atoms in total. The molecule has 1 aromatic heterocycles. The number of thiazole rings is 1. The molecule has 1 aliphatic rings. The van der Waals surface area contributed by atoms with Crippen LogP contribution in [-0.4, -0.2) is 61.3 Å². The summed E-state index contributed by atoms with van der Waals surface area (Å²) in [4.78, 5) is 22.6. The van der Waals surface area contributed by atoms with Gasteiger partial charge in [-0.3, -0.25) is 14.6 Å². The van der Waals surface area contributed by atoms with E-state index >= 15 is 0 Å². The first-order chi connectivity index (χ1) is 15.5. The number of aryl methyl sites for hydroxylation is 1. The van der Waals surface area contributed by atoms with E-state index in [9.17, 15) is 4.79 Å². The largest absolute Gasteiger partial charge is 0.491 e. The van der Waals surface area contributed by atoms with Gasteiger partial charge >= 0.3 is 0 Å². The molecule has 7 heteroatoms. The van der Waals surface area contributed by atoms with Gasteiger partial charge in [0.2, 0.25) is 0 Å². The van der Waals surface area contributed by atoms with Gasteiger partial charge in [-0.2, -0.15) is 0 Å². The van der Waals surface area contributed by atoms with E-state index in [0.717, 1.165) is 65.9 Å². The number of amides is 1. The monoisotopic (exact) mass is 453 g/mol. The molecule has 170 valence electrons. The summed E-state index contributed by atoms with van der Waals surface area (Å²) in [6.07, 6.45) is 0.981. The van der Waals surface area contributed by atoms with E-state index < -0.39 is 0 Å². The zero-order valence-electron chi connectivity index (χ0n) is 19.0. The number of rotatable bonds is 8. The zero-order chi connectivity index (χ0) is 22.5. The Balaban J connectivity index is 1.55. The number of para-hydroxylation sites is 1. The summed E-state index contributed by atoms with van der Waals surface area (Å²) in [6, 6.07) is 13.6. The van der Waals surface area contributed by atoms with E-state index in [2.05, 4.69) is 24.0 Å². The summed E-state index contributed by atoms with van der Waals surface area (Å²) in [6.45, 7) is 11.1.